The maximum atomic E-state index is 2.40. The molecule has 0 nitrogen and oxygen atoms in total. The van der Waals surface area contributed by atoms with Gasteiger partial charge in [0.1, 0.15) is 0 Å². The standard InChI is InChI=1S/C25H38/c1-4-5-6-7-8-9-10-11-12-13-14-22(3)23-17-18-24-19-21(2)15-16-25(24)20-23/h15-20,22H,4-14H2,1-3H3. The van der Waals surface area contributed by atoms with Gasteiger partial charge in [-0.05, 0) is 35.6 Å². The van der Waals surface area contributed by atoms with E-state index in [1.165, 1.54) is 92.5 Å². The Morgan fingerprint density at radius 2 is 1.24 bits per heavy atom. The predicted molar refractivity (Wildman–Crippen MR) is 114 cm³/mol. The summed E-state index contributed by atoms with van der Waals surface area (Å²) in [6.07, 6.45) is 15.6. The van der Waals surface area contributed by atoms with Crippen molar-refractivity contribution in [2.45, 2.75) is 97.3 Å². The monoisotopic (exact) mass is 338 g/mol. The molecule has 0 aromatic heterocycles. The lowest BCUT2D eigenvalue weighted by molar-refractivity contribution is 0.535. The van der Waals surface area contributed by atoms with Crippen molar-refractivity contribution in [3.8, 4) is 0 Å². The van der Waals surface area contributed by atoms with E-state index in [1.807, 2.05) is 0 Å². The quantitative estimate of drug-likeness (QED) is 0.340. The van der Waals surface area contributed by atoms with E-state index < -0.39 is 0 Å². The molecule has 0 saturated heterocycles. The van der Waals surface area contributed by atoms with Gasteiger partial charge in [0.2, 0.25) is 0 Å². The SMILES string of the molecule is CCCCCCCCCCCCC(C)c1ccc2cc(C)ccc2c1. The lowest BCUT2D eigenvalue weighted by atomic mass is 9.92. The summed E-state index contributed by atoms with van der Waals surface area (Å²) in [5.74, 6) is 0.680. The Kier molecular flexibility index (Phi) is 9.08. The summed E-state index contributed by atoms with van der Waals surface area (Å²) in [4.78, 5) is 0. The summed E-state index contributed by atoms with van der Waals surface area (Å²) in [7, 11) is 0. The summed E-state index contributed by atoms with van der Waals surface area (Å²) in [6.45, 7) is 6.85. The Balaban J connectivity index is 1.62. The second-order valence-electron chi connectivity index (χ2n) is 7.98. The van der Waals surface area contributed by atoms with Crippen molar-refractivity contribution in [1.29, 1.82) is 0 Å². The van der Waals surface area contributed by atoms with Crippen molar-refractivity contribution in [1.82, 2.24) is 0 Å². The van der Waals surface area contributed by atoms with E-state index in [2.05, 4.69) is 57.2 Å². The average Bonchev–Trinajstić information content (AvgIpc) is 2.62. The van der Waals surface area contributed by atoms with E-state index in [9.17, 15) is 0 Å². The fraction of sp³-hybridized carbons (Fsp3) is 0.600. The zero-order chi connectivity index (χ0) is 17.9. The third-order valence-corrected chi connectivity index (χ3v) is 5.58. The first-order valence-corrected chi connectivity index (χ1v) is 10.7. The highest BCUT2D eigenvalue weighted by Crippen LogP contribution is 2.26. The summed E-state index contributed by atoms with van der Waals surface area (Å²) in [5, 5.41) is 2.76. The van der Waals surface area contributed by atoms with Crippen LogP contribution in [0.15, 0.2) is 36.4 Å². The van der Waals surface area contributed by atoms with Crippen LogP contribution in [-0.4, -0.2) is 0 Å². The van der Waals surface area contributed by atoms with Crippen molar-refractivity contribution in [3.05, 3.63) is 47.5 Å². The normalized spacial score (nSPS) is 12.6. The molecule has 2 rings (SSSR count). The second-order valence-corrected chi connectivity index (χ2v) is 7.98. The van der Waals surface area contributed by atoms with E-state index in [4.69, 9.17) is 0 Å². The van der Waals surface area contributed by atoms with Crippen LogP contribution < -0.4 is 0 Å². The van der Waals surface area contributed by atoms with Crippen LogP contribution in [0, 0.1) is 6.92 Å². The van der Waals surface area contributed by atoms with Crippen molar-refractivity contribution in [2.24, 2.45) is 0 Å². The number of aryl methyl sites for hydroxylation is 1. The van der Waals surface area contributed by atoms with Gasteiger partial charge >= 0.3 is 0 Å². The number of unbranched alkanes of at least 4 members (excludes halogenated alkanes) is 9. The predicted octanol–water partition coefficient (Wildman–Crippen LogP) is 8.56. The van der Waals surface area contributed by atoms with Crippen molar-refractivity contribution in [2.75, 3.05) is 0 Å². The van der Waals surface area contributed by atoms with Crippen molar-refractivity contribution < 1.29 is 0 Å². The molecule has 0 heterocycles. The van der Waals surface area contributed by atoms with Crippen LogP contribution in [0.2, 0.25) is 0 Å². The van der Waals surface area contributed by atoms with Crippen LogP contribution in [0.4, 0.5) is 0 Å². The smallest absolute Gasteiger partial charge is 0.0181 e. The molecule has 1 unspecified atom stereocenters. The molecule has 0 aliphatic heterocycles. The minimum absolute atomic E-state index is 0.680. The van der Waals surface area contributed by atoms with Gasteiger partial charge in [-0.1, -0.05) is 120 Å². The largest absolute Gasteiger partial charge is 0.0654 e. The Morgan fingerprint density at radius 3 is 1.92 bits per heavy atom. The Bertz CT molecular complexity index is 610. The molecule has 0 heteroatoms. The lowest BCUT2D eigenvalue weighted by Gasteiger charge is -2.13. The molecule has 0 radical (unpaired) electrons. The van der Waals surface area contributed by atoms with Gasteiger partial charge in [0, 0.05) is 0 Å². The molecular weight excluding hydrogens is 300 g/mol. The molecule has 0 amide bonds. The van der Waals surface area contributed by atoms with Crippen LogP contribution in [0.25, 0.3) is 10.8 Å². The third-order valence-electron chi connectivity index (χ3n) is 5.58. The van der Waals surface area contributed by atoms with Crippen LogP contribution in [-0.2, 0) is 0 Å². The molecule has 0 aliphatic rings. The van der Waals surface area contributed by atoms with Crippen molar-refractivity contribution in [3.63, 3.8) is 0 Å². The van der Waals surface area contributed by atoms with Gasteiger partial charge in [0.25, 0.3) is 0 Å². The van der Waals surface area contributed by atoms with Gasteiger partial charge in [-0.25, -0.2) is 0 Å². The first-order chi connectivity index (χ1) is 12.2. The number of fused-ring (bicyclic) bond motifs is 1. The topological polar surface area (TPSA) is 0 Å². The van der Waals surface area contributed by atoms with Crippen LogP contribution in [0.5, 0.6) is 0 Å². The summed E-state index contributed by atoms with van der Waals surface area (Å²) in [5.41, 5.74) is 2.85. The minimum Gasteiger partial charge on any atom is -0.0654 e. The molecule has 138 valence electrons. The Hall–Kier alpha value is -1.30. The summed E-state index contributed by atoms with van der Waals surface area (Å²) in [6, 6.07) is 13.8. The highest BCUT2D eigenvalue weighted by molar-refractivity contribution is 5.83. The molecule has 0 N–H and O–H groups in total. The fourth-order valence-electron chi connectivity index (χ4n) is 3.79. The maximum Gasteiger partial charge on any atom is -0.0181 e. The number of rotatable bonds is 12. The molecule has 0 saturated carbocycles. The molecule has 2 aromatic carbocycles. The molecule has 0 fully saturated rings. The van der Waals surface area contributed by atoms with Gasteiger partial charge in [-0.15, -0.1) is 0 Å². The maximum absolute atomic E-state index is 2.40. The zero-order valence-electron chi connectivity index (χ0n) is 16.8. The number of hydrogen-bond donors (Lipinski definition) is 0. The van der Waals surface area contributed by atoms with Crippen LogP contribution in [0.3, 0.4) is 0 Å². The molecule has 0 aliphatic carbocycles. The Morgan fingerprint density at radius 1 is 0.680 bits per heavy atom. The molecule has 25 heavy (non-hydrogen) atoms. The Labute approximate surface area is 156 Å². The van der Waals surface area contributed by atoms with Gasteiger partial charge < -0.3 is 0 Å². The first-order valence-electron chi connectivity index (χ1n) is 10.7. The minimum atomic E-state index is 0.680. The second kappa shape index (κ2) is 11.3. The third kappa shape index (κ3) is 7.22. The van der Waals surface area contributed by atoms with Gasteiger partial charge in [0.15, 0.2) is 0 Å². The first kappa shape index (κ1) is 20.0. The number of benzene rings is 2. The summed E-state index contributed by atoms with van der Waals surface area (Å²) < 4.78 is 0. The fourth-order valence-corrected chi connectivity index (χ4v) is 3.79. The average molecular weight is 339 g/mol. The lowest BCUT2D eigenvalue weighted by Crippen LogP contribution is -1.94. The van der Waals surface area contributed by atoms with E-state index in [0.717, 1.165) is 0 Å². The zero-order valence-corrected chi connectivity index (χ0v) is 16.8. The van der Waals surface area contributed by atoms with Gasteiger partial charge in [0.05, 0.1) is 0 Å². The van der Waals surface area contributed by atoms with E-state index >= 15 is 0 Å². The highest BCUT2D eigenvalue weighted by atomic mass is 14.1. The molecular formula is C25H38. The van der Waals surface area contributed by atoms with Gasteiger partial charge in [-0.3, -0.25) is 0 Å². The van der Waals surface area contributed by atoms with Crippen LogP contribution >= 0.6 is 0 Å². The van der Waals surface area contributed by atoms with Crippen molar-refractivity contribution >= 4 is 10.8 Å². The summed E-state index contributed by atoms with van der Waals surface area (Å²) >= 11 is 0. The van der Waals surface area contributed by atoms with E-state index in [1.54, 1.807) is 0 Å². The highest BCUT2D eigenvalue weighted by Gasteiger charge is 2.06. The molecule has 0 spiro atoms. The van der Waals surface area contributed by atoms with Crippen LogP contribution in [0.1, 0.15) is 102 Å². The van der Waals surface area contributed by atoms with E-state index in [0.29, 0.717) is 5.92 Å². The van der Waals surface area contributed by atoms with E-state index in [-0.39, 0.29) is 0 Å². The number of hydrogen-bond acceptors (Lipinski definition) is 0. The molecule has 0 bridgehead atoms. The molecule has 2 aromatic rings. The molecule has 1 atom stereocenters. The van der Waals surface area contributed by atoms with Gasteiger partial charge in [-0.2, -0.15) is 0 Å².